The third kappa shape index (κ3) is 3.10. The van der Waals surface area contributed by atoms with E-state index in [1.165, 1.54) is 10.4 Å². The zero-order valence-corrected chi connectivity index (χ0v) is 14.1. The monoisotopic (exact) mass is 367 g/mol. The number of hydrogen-bond acceptors (Lipinski definition) is 4. The molecule has 0 unspecified atom stereocenters. The quantitative estimate of drug-likeness (QED) is 0.818. The van der Waals surface area contributed by atoms with Crippen molar-refractivity contribution in [3.05, 3.63) is 45.9 Å². The molecule has 25 heavy (non-hydrogen) atoms. The van der Waals surface area contributed by atoms with Gasteiger partial charge in [0.15, 0.2) is 0 Å². The van der Waals surface area contributed by atoms with Crippen LogP contribution in [0.25, 0.3) is 0 Å². The van der Waals surface area contributed by atoms with Crippen molar-refractivity contribution < 1.29 is 18.0 Å². The van der Waals surface area contributed by atoms with E-state index in [-0.39, 0.29) is 11.8 Å². The molecule has 4 heterocycles. The number of nitrogens with zero attached hydrogens (tertiary/aromatic N) is 3. The van der Waals surface area contributed by atoms with Crippen LogP contribution in [-0.4, -0.2) is 35.4 Å². The SMILES string of the molecule is O=C(C1CN(c2ccnc(C(F)(F)F)c2)C1)N1CCc2sccc2C1. The highest BCUT2D eigenvalue weighted by atomic mass is 32.1. The zero-order valence-electron chi connectivity index (χ0n) is 13.3. The topological polar surface area (TPSA) is 36.4 Å². The molecule has 0 spiro atoms. The first-order valence-corrected chi connectivity index (χ1v) is 8.92. The van der Waals surface area contributed by atoms with Gasteiger partial charge in [0.2, 0.25) is 5.91 Å². The number of halogens is 3. The standard InChI is InChI=1S/C17H16F3N3OS/c18-17(19,20)15-7-13(1-4-21-15)23-9-12(10-23)16(24)22-5-2-14-11(8-22)3-6-25-14/h1,3-4,6-7,12H,2,5,8-10H2. The van der Waals surface area contributed by atoms with Gasteiger partial charge in [-0.3, -0.25) is 9.78 Å². The van der Waals surface area contributed by atoms with E-state index in [4.69, 9.17) is 0 Å². The van der Waals surface area contributed by atoms with E-state index in [0.717, 1.165) is 25.2 Å². The number of amides is 1. The van der Waals surface area contributed by atoms with Crippen LogP contribution in [0.15, 0.2) is 29.8 Å². The second kappa shape index (κ2) is 6.01. The lowest BCUT2D eigenvalue weighted by molar-refractivity contribution is -0.141. The van der Waals surface area contributed by atoms with Gasteiger partial charge < -0.3 is 9.80 Å². The number of carbonyl (C=O) groups is 1. The molecule has 2 aliphatic rings. The molecular formula is C17H16F3N3OS. The zero-order chi connectivity index (χ0) is 17.6. The smallest absolute Gasteiger partial charge is 0.370 e. The van der Waals surface area contributed by atoms with Crippen molar-refractivity contribution in [2.45, 2.75) is 19.1 Å². The van der Waals surface area contributed by atoms with Gasteiger partial charge in [-0.2, -0.15) is 13.2 Å². The fourth-order valence-corrected chi connectivity index (χ4v) is 4.20. The molecule has 0 atom stereocenters. The highest BCUT2D eigenvalue weighted by Crippen LogP contribution is 2.33. The van der Waals surface area contributed by atoms with Gasteiger partial charge in [0.25, 0.3) is 0 Å². The molecule has 2 aromatic heterocycles. The van der Waals surface area contributed by atoms with Crippen LogP contribution in [0.5, 0.6) is 0 Å². The van der Waals surface area contributed by atoms with Gasteiger partial charge in [0.1, 0.15) is 5.69 Å². The highest BCUT2D eigenvalue weighted by molar-refractivity contribution is 7.10. The molecular weight excluding hydrogens is 351 g/mol. The number of rotatable bonds is 2. The molecule has 0 saturated carbocycles. The van der Waals surface area contributed by atoms with Crippen molar-refractivity contribution in [1.82, 2.24) is 9.88 Å². The van der Waals surface area contributed by atoms with E-state index in [1.807, 2.05) is 10.3 Å². The van der Waals surface area contributed by atoms with E-state index >= 15 is 0 Å². The first-order chi connectivity index (χ1) is 11.9. The summed E-state index contributed by atoms with van der Waals surface area (Å²) in [5, 5.41) is 2.05. The summed E-state index contributed by atoms with van der Waals surface area (Å²) in [5.74, 6) is -0.0547. The Morgan fingerprint density at radius 3 is 2.84 bits per heavy atom. The minimum absolute atomic E-state index is 0.0956. The Balaban J connectivity index is 1.38. The van der Waals surface area contributed by atoms with Gasteiger partial charge in [-0.1, -0.05) is 0 Å². The summed E-state index contributed by atoms with van der Waals surface area (Å²) < 4.78 is 38.3. The largest absolute Gasteiger partial charge is 0.433 e. The third-order valence-corrected chi connectivity index (χ3v) is 5.77. The predicted molar refractivity (Wildman–Crippen MR) is 88.4 cm³/mol. The number of anilines is 1. The van der Waals surface area contributed by atoms with Crippen LogP contribution in [0.1, 0.15) is 16.1 Å². The number of thiophene rings is 1. The number of fused-ring (bicyclic) bond motifs is 1. The molecule has 4 nitrogen and oxygen atoms in total. The summed E-state index contributed by atoms with van der Waals surface area (Å²) in [6.07, 6.45) is -2.41. The van der Waals surface area contributed by atoms with Crippen molar-refractivity contribution >= 4 is 22.9 Å². The van der Waals surface area contributed by atoms with Gasteiger partial charge in [0.05, 0.1) is 5.92 Å². The Kier molecular flexibility index (Phi) is 3.94. The van der Waals surface area contributed by atoms with E-state index in [2.05, 4.69) is 11.1 Å². The van der Waals surface area contributed by atoms with Crippen molar-refractivity contribution in [2.75, 3.05) is 24.5 Å². The molecule has 8 heteroatoms. The molecule has 2 aromatic rings. The molecule has 0 bridgehead atoms. The Morgan fingerprint density at radius 1 is 1.28 bits per heavy atom. The van der Waals surface area contributed by atoms with Crippen LogP contribution in [0.2, 0.25) is 0 Å². The van der Waals surface area contributed by atoms with Crippen LogP contribution in [0.4, 0.5) is 18.9 Å². The molecule has 1 amide bonds. The molecule has 1 saturated heterocycles. The first-order valence-electron chi connectivity index (χ1n) is 8.04. The van der Waals surface area contributed by atoms with Crippen LogP contribution in [0, 0.1) is 5.92 Å². The fraction of sp³-hybridized carbons (Fsp3) is 0.412. The lowest BCUT2D eigenvalue weighted by atomic mass is 9.96. The summed E-state index contributed by atoms with van der Waals surface area (Å²) in [4.78, 5) is 21.0. The van der Waals surface area contributed by atoms with Gasteiger partial charge in [-0.25, -0.2) is 0 Å². The lowest BCUT2D eigenvalue weighted by Crippen LogP contribution is -2.55. The van der Waals surface area contributed by atoms with E-state index in [1.54, 1.807) is 22.3 Å². The molecule has 0 aliphatic carbocycles. The van der Waals surface area contributed by atoms with Crippen molar-refractivity contribution in [3.63, 3.8) is 0 Å². The van der Waals surface area contributed by atoms with Crippen LogP contribution >= 0.6 is 11.3 Å². The number of carbonyl (C=O) groups excluding carboxylic acids is 1. The van der Waals surface area contributed by atoms with Crippen molar-refractivity contribution in [3.8, 4) is 0 Å². The van der Waals surface area contributed by atoms with Crippen LogP contribution < -0.4 is 4.90 Å². The van der Waals surface area contributed by atoms with E-state index in [9.17, 15) is 18.0 Å². The summed E-state index contributed by atoms with van der Waals surface area (Å²) in [6, 6.07) is 4.65. The molecule has 0 aromatic carbocycles. The van der Waals surface area contributed by atoms with Crippen LogP contribution in [-0.2, 0) is 23.9 Å². The summed E-state index contributed by atoms with van der Waals surface area (Å²) in [5.41, 5.74) is 0.774. The molecule has 132 valence electrons. The van der Waals surface area contributed by atoms with E-state index in [0.29, 0.717) is 25.3 Å². The average molecular weight is 367 g/mol. The summed E-state index contributed by atoms with van der Waals surface area (Å²) >= 11 is 1.72. The number of aromatic nitrogens is 1. The minimum atomic E-state index is -4.46. The van der Waals surface area contributed by atoms with Crippen LogP contribution in [0.3, 0.4) is 0 Å². The van der Waals surface area contributed by atoms with Crippen molar-refractivity contribution in [1.29, 1.82) is 0 Å². The highest BCUT2D eigenvalue weighted by Gasteiger charge is 2.38. The number of pyridine rings is 1. The molecule has 0 radical (unpaired) electrons. The third-order valence-electron chi connectivity index (χ3n) is 4.75. The van der Waals surface area contributed by atoms with Crippen molar-refractivity contribution in [2.24, 2.45) is 5.92 Å². The Hall–Kier alpha value is -2.09. The Labute approximate surface area is 146 Å². The normalized spacial score (nSPS) is 18.0. The Bertz CT molecular complexity index is 798. The van der Waals surface area contributed by atoms with E-state index < -0.39 is 11.9 Å². The van der Waals surface area contributed by atoms with Gasteiger partial charge >= 0.3 is 6.18 Å². The average Bonchev–Trinajstić information content (AvgIpc) is 3.00. The molecule has 2 aliphatic heterocycles. The maximum atomic E-state index is 12.8. The summed E-state index contributed by atoms with van der Waals surface area (Å²) in [7, 11) is 0. The number of alkyl halides is 3. The van der Waals surface area contributed by atoms with Gasteiger partial charge in [0, 0.05) is 42.9 Å². The predicted octanol–water partition coefficient (Wildman–Crippen LogP) is 3.18. The molecule has 4 rings (SSSR count). The number of hydrogen-bond donors (Lipinski definition) is 0. The second-order valence-corrected chi connectivity index (χ2v) is 7.38. The molecule has 1 fully saturated rings. The first kappa shape index (κ1) is 16.4. The Morgan fingerprint density at radius 2 is 2.08 bits per heavy atom. The fourth-order valence-electron chi connectivity index (χ4n) is 3.31. The minimum Gasteiger partial charge on any atom is -0.370 e. The summed E-state index contributed by atoms with van der Waals surface area (Å²) in [6.45, 7) is 2.26. The maximum absolute atomic E-state index is 12.8. The van der Waals surface area contributed by atoms with Gasteiger partial charge in [-0.15, -0.1) is 11.3 Å². The molecule has 0 N–H and O–H groups in total. The maximum Gasteiger partial charge on any atom is 0.433 e. The van der Waals surface area contributed by atoms with Gasteiger partial charge in [-0.05, 0) is 35.6 Å². The lowest BCUT2D eigenvalue weighted by Gasteiger charge is -2.42. The second-order valence-electron chi connectivity index (χ2n) is 6.38.